The zero-order chi connectivity index (χ0) is 13.1. The molecule has 3 unspecified atom stereocenters. The summed E-state index contributed by atoms with van der Waals surface area (Å²) in [5, 5.41) is 0. The molecule has 18 heavy (non-hydrogen) atoms. The van der Waals surface area contributed by atoms with Crippen molar-refractivity contribution in [2.24, 2.45) is 11.7 Å². The summed E-state index contributed by atoms with van der Waals surface area (Å²) in [7, 11) is 0. The fraction of sp³-hybridized carbons (Fsp3) is 0.600. The van der Waals surface area contributed by atoms with Gasteiger partial charge in [-0.15, -0.1) is 0 Å². The van der Waals surface area contributed by atoms with Crippen molar-refractivity contribution in [3.05, 3.63) is 34.3 Å². The normalized spacial score (nSPS) is 26.4. The van der Waals surface area contributed by atoms with Crippen LogP contribution in [0.25, 0.3) is 0 Å². The summed E-state index contributed by atoms with van der Waals surface area (Å²) in [6.07, 6.45) is 2.37. The van der Waals surface area contributed by atoms with E-state index in [1.807, 2.05) is 0 Å². The summed E-state index contributed by atoms with van der Waals surface area (Å²) >= 11 is 3.45. The molecule has 2 N–H and O–H groups in total. The van der Waals surface area contributed by atoms with Gasteiger partial charge in [-0.2, -0.15) is 0 Å². The van der Waals surface area contributed by atoms with Gasteiger partial charge in [-0.25, -0.2) is 0 Å². The molecular weight excluding hydrogens is 288 g/mol. The van der Waals surface area contributed by atoms with Crippen LogP contribution in [0.5, 0.6) is 0 Å². The van der Waals surface area contributed by atoms with E-state index in [2.05, 4.69) is 58.9 Å². The van der Waals surface area contributed by atoms with Crippen LogP contribution < -0.4 is 5.73 Å². The lowest BCUT2D eigenvalue weighted by atomic mass is 10.0. The molecule has 3 heteroatoms. The molecule has 1 aromatic carbocycles. The topological polar surface area (TPSA) is 29.3 Å². The number of hydrogen-bond donors (Lipinski definition) is 1. The molecule has 2 nitrogen and oxygen atoms in total. The second-order valence-corrected chi connectivity index (χ2v) is 6.55. The summed E-state index contributed by atoms with van der Waals surface area (Å²) < 4.78 is 1.11. The Morgan fingerprint density at radius 2 is 2.00 bits per heavy atom. The molecule has 3 atom stereocenters. The average molecular weight is 311 g/mol. The van der Waals surface area contributed by atoms with E-state index in [-0.39, 0.29) is 6.04 Å². The van der Waals surface area contributed by atoms with Gasteiger partial charge >= 0.3 is 0 Å². The number of hydrogen-bond acceptors (Lipinski definition) is 2. The van der Waals surface area contributed by atoms with E-state index in [0.29, 0.717) is 0 Å². The minimum Gasteiger partial charge on any atom is -0.324 e. The molecular formula is C15H23BrN2. The molecule has 0 aromatic heterocycles. The predicted octanol–water partition coefficient (Wildman–Crippen LogP) is 3.57. The highest BCUT2D eigenvalue weighted by molar-refractivity contribution is 9.10. The first-order valence-corrected chi connectivity index (χ1v) is 7.60. The van der Waals surface area contributed by atoms with Crippen molar-refractivity contribution in [3.8, 4) is 0 Å². The molecule has 1 saturated heterocycles. The summed E-state index contributed by atoms with van der Waals surface area (Å²) in [6.45, 7) is 7.01. The van der Waals surface area contributed by atoms with Crippen molar-refractivity contribution in [1.29, 1.82) is 0 Å². The quantitative estimate of drug-likeness (QED) is 0.921. The maximum Gasteiger partial charge on any atom is 0.0307 e. The van der Waals surface area contributed by atoms with Crippen LogP contribution in [-0.4, -0.2) is 24.0 Å². The monoisotopic (exact) mass is 310 g/mol. The van der Waals surface area contributed by atoms with Gasteiger partial charge in [0.25, 0.3) is 0 Å². The third kappa shape index (κ3) is 3.56. The molecule has 0 bridgehead atoms. The summed E-state index contributed by atoms with van der Waals surface area (Å²) in [6, 6.07) is 9.24. The fourth-order valence-electron chi connectivity index (χ4n) is 2.88. The van der Waals surface area contributed by atoms with Gasteiger partial charge in [0, 0.05) is 29.6 Å². The fourth-order valence-corrected chi connectivity index (χ4v) is 3.14. The van der Waals surface area contributed by atoms with E-state index in [1.54, 1.807) is 0 Å². The van der Waals surface area contributed by atoms with Gasteiger partial charge in [-0.05, 0) is 43.4 Å². The average Bonchev–Trinajstić information content (AvgIpc) is 2.66. The molecule has 0 aliphatic carbocycles. The van der Waals surface area contributed by atoms with Crippen molar-refractivity contribution in [2.75, 3.05) is 13.1 Å². The van der Waals surface area contributed by atoms with E-state index in [9.17, 15) is 0 Å². The largest absolute Gasteiger partial charge is 0.324 e. The van der Waals surface area contributed by atoms with Gasteiger partial charge in [0.15, 0.2) is 0 Å². The van der Waals surface area contributed by atoms with Crippen LogP contribution in [0.1, 0.15) is 38.3 Å². The Morgan fingerprint density at radius 1 is 1.33 bits per heavy atom. The molecule has 0 saturated carbocycles. The predicted molar refractivity (Wildman–Crippen MR) is 80.5 cm³/mol. The van der Waals surface area contributed by atoms with Crippen LogP contribution in [0, 0.1) is 5.92 Å². The molecule has 1 aliphatic rings. The van der Waals surface area contributed by atoms with E-state index in [0.717, 1.165) is 29.4 Å². The van der Waals surface area contributed by atoms with Crippen LogP contribution in [0.15, 0.2) is 28.7 Å². The first kappa shape index (κ1) is 14.0. The van der Waals surface area contributed by atoms with Crippen LogP contribution in [0.3, 0.4) is 0 Å². The zero-order valence-electron chi connectivity index (χ0n) is 11.3. The van der Waals surface area contributed by atoms with Crippen molar-refractivity contribution < 1.29 is 0 Å². The molecule has 0 spiro atoms. The smallest absolute Gasteiger partial charge is 0.0307 e. The molecule has 1 aromatic rings. The number of likely N-dealkylation sites (tertiary alicyclic amines) is 1. The van der Waals surface area contributed by atoms with E-state index in [1.165, 1.54) is 18.5 Å². The Hall–Kier alpha value is -0.380. The molecule has 1 fully saturated rings. The van der Waals surface area contributed by atoms with E-state index in [4.69, 9.17) is 5.73 Å². The van der Waals surface area contributed by atoms with Crippen molar-refractivity contribution in [3.63, 3.8) is 0 Å². The van der Waals surface area contributed by atoms with Crippen LogP contribution in [0.4, 0.5) is 0 Å². The lowest BCUT2D eigenvalue weighted by Crippen LogP contribution is -2.30. The van der Waals surface area contributed by atoms with Gasteiger partial charge in [0.2, 0.25) is 0 Å². The third-order valence-electron chi connectivity index (χ3n) is 3.94. The van der Waals surface area contributed by atoms with E-state index >= 15 is 0 Å². The Labute approximate surface area is 119 Å². The first-order valence-electron chi connectivity index (χ1n) is 6.81. The van der Waals surface area contributed by atoms with Crippen molar-refractivity contribution in [2.45, 2.75) is 38.8 Å². The summed E-state index contributed by atoms with van der Waals surface area (Å²) in [4.78, 5) is 2.57. The van der Waals surface area contributed by atoms with Gasteiger partial charge in [-0.1, -0.05) is 35.0 Å². The Bertz CT molecular complexity index is 377. The summed E-state index contributed by atoms with van der Waals surface area (Å²) in [5.41, 5.74) is 7.50. The molecule has 0 amide bonds. The third-order valence-corrected chi connectivity index (χ3v) is 4.47. The molecule has 100 valence electrons. The molecule has 1 heterocycles. The molecule has 2 rings (SSSR count). The van der Waals surface area contributed by atoms with Gasteiger partial charge < -0.3 is 10.6 Å². The lowest BCUT2D eigenvalue weighted by molar-refractivity contribution is 0.255. The lowest BCUT2D eigenvalue weighted by Gasteiger charge is -2.23. The maximum absolute atomic E-state index is 6.26. The SMILES string of the molecule is CC1CC(C)N(CCC(N)c2ccc(Br)cc2)C1. The van der Waals surface area contributed by atoms with Crippen molar-refractivity contribution >= 4 is 15.9 Å². The first-order chi connectivity index (χ1) is 8.56. The highest BCUT2D eigenvalue weighted by atomic mass is 79.9. The number of nitrogens with two attached hydrogens (primary N) is 1. The highest BCUT2D eigenvalue weighted by Crippen LogP contribution is 2.24. The molecule has 1 aliphatic heterocycles. The van der Waals surface area contributed by atoms with Crippen molar-refractivity contribution in [1.82, 2.24) is 4.90 Å². The van der Waals surface area contributed by atoms with Gasteiger partial charge in [-0.3, -0.25) is 0 Å². The van der Waals surface area contributed by atoms with Crippen LogP contribution in [-0.2, 0) is 0 Å². The van der Waals surface area contributed by atoms with E-state index < -0.39 is 0 Å². The zero-order valence-corrected chi connectivity index (χ0v) is 12.9. The van der Waals surface area contributed by atoms with Gasteiger partial charge in [0.05, 0.1) is 0 Å². The number of halogens is 1. The minimum atomic E-state index is 0.154. The number of rotatable bonds is 4. The summed E-state index contributed by atoms with van der Waals surface area (Å²) in [5.74, 6) is 0.837. The van der Waals surface area contributed by atoms with Crippen LogP contribution >= 0.6 is 15.9 Å². The maximum atomic E-state index is 6.26. The van der Waals surface area contributed by atoms with Gasteiger partial charge in [0.1, 0.15) is 0 Å². The number of nitrogens with zero attached hydrogens (tertiary/aromatic N) is 1. The molecule has 0 radical (unpaired) electrons. The second kappa shape index (κ2) is 6.18. The Morgan fingerprint density at radius 3 is 2.56 bits per heavy atom. The highest BCUT2D eigenvalue weighted by Gasteiger charge is 2.25. The number of benzene rings is 1. The van der Waals surface area contributed by atoms with Crippen LogP contribution in [0.2, 0.25) is 0 Å². The standard InChI is InChI=1S/C15H23BrN2/c1-11-9-12(2)18(10-11)8-7-15(17)13-3-5-14(16)6-4-13/h3-6,11-12,15H,7-10,17H2,1-2H3. The minimum absolute atomic E-state index is 0.154. The second-order valence-electron chi connectivity index (χ2n) is 5.63. The Kier molecular flexibility index (Phi) is 4.82. The Balaban J connectivity index is 1.84.